The molecule has 0 radical (unpaired) electrons. The Morgan fingerprint density at radius 2 is 1.23 bits per heavy atom. The minimum absolute atomic E-state index is 0.486. The maximum atomic E-state index is 6.69. The van der Waals surface area contributed by atoms with Crippen molar-refractivity contribution < 1.29 is 4.74 Å². The Bertz CT molecular complexity index is 2430. The zero-order valence-corrected chi connectivity index (χ0v) is 27.8. The van der Waals surface area contributed by atoms with E-state index in [1.165, 1.54) is 53.6 Å². The Labute approximate surface area is 284 Å². The second kappa shape index (κ2) is 11.0. The number of benzene rings is 6. The Hall–Kier alpha value is -5.58. The number of thiophene rings is 1. The lowest BCUT2D eigenvalue weighted by Crippen LogP contribution is -2.29. The zero-order chi connectivity index (χ0) is 32.4. The first-order valence-corrected chi connectivity index (χ1v) is 17.1. The number of rotatable bonds is 4. The molecule has 4 heteroatoms. The van der Waals surface area contributed by atoms with Crippen LogP contribution in [-0.2, 0) is 5.41 Å². The first-order chi connectivity index (χ1) is 23.5. The first-order valence-electron chi connectivity index (χ1n) is 16.3. The molecule has 0 fully saturated rings. The average Bonchev–Trinajstić information content (AvgIpc) is 3.51. The van der Waals surface area contributed by atoms with Crippen LogP contribution in [-0.4, -0.2) is 9.97 Å². The molecule has 9 rings (SSSR count). The van der Waals surface area contributed by atoms with Crippen LogP contribution in [0.3, 0.4) is 0 Å². The minimum atomic E-state index is -0.486. The number of nitrogens with zero attached hydrogens (tertiary/aromatic N) is 2. The van der Waals surface area contributed by atoms with Crippen molar-refractivity contribution in [2.45, 2.75) is 26.2 Å². The van der Waals surface area contributed by atoms with E-state index in [0.29, 0.717) is 0 Å². The van der Waals surface area contributed by atoms with E-state index in [0.717, 1.165) is 39.7 Å². The van der Waals surface area contributed by atoms with E-state index < -0.39 is 5.41 Å². The third kappa shape index (κ3) is 4.48. The van der Waals surface area contributed by atoms with Crippen LogP contribution in [0.1, 0.15) is 35.1 Å². The first kappa shape index (κ1) is 28.6. The lowest BCUT2D eigenvalue weighted by Gasteiger charge is -2.39. The topological polar surface area (TPSA) is 35.0 Å². The van der Waals surface area contributed by atoms with E-state index in [2.05, 4.69) is 157 Å². The quantitative estimate of drug-likeness (QED) is 0.193. The number of aromatic nitrogens is 2. The van der Waals surface area contributed by atoms with Crippen LogP contribution in [0, 0.1) is 13.8 Å². The molecule has 0 aliphatic carbocycles. The van der Waals surface area contributed by atoms with Crippen LogP contribution in [0.5, 0.6) is 11.5 Å². The molecule has 0 spiro atoms. The molecule has 0 bridgehead atoms. The summed E-state index contributed by atoms with van der Waals surface area (Å²) in [7, 11) is 0. The fourth-order valence-electron chi connectivity index (χ4n) is 7.38. The minimum Gasteiger partial charge on any atom is -0.457 e. The maximum Gasteiger partial charge on any atom is 0.131 e. The third-order valence-electron chi connectivity index (χ3n) is 9.93. The molecule has 0 amide bonds. The highest BCUT2D eigenvalue weighted by Gasteiger charge is 2.40. The van der Waals surface area contributed by atoms with Crippen molar-refractivity contribution >= 4 is 31.5 Å². The van der Waals surface area contributed by atoms with Gasteiger partial charge in [-0.1, -0.05) is 97.1 Å². The standard InChI is InChI=1S/C44H32N2OS/c1-27-37(26-45-28(2)46-27)35-16-10-15-34-36-25-33(19-22-42(36)48-43(34)35)44(3)38-23-31(29-11-6-4-7-12-29)17-20-40(38)47-41-21-18-32(24-39(41)44)30-13-8-5-9-14-30/h4-26H,1-3H3. The molecule has 8 aromatic rings. The average molecular weight is 637 g/mol. The summed E-state index contributed by atoms with van der Waals surface area (Å²) >= 11 is 1.84. The van der Waals surface area contributed by atoms with Gasteiger partial charge in [0, 0.05) is 59.7 Å². The number of hydrogen-bond donors (Lipinski definition) is 0. The van der Waals surface area contributed by atoms with E-state index in [1.807, 2.05) is 24.5 Å². The normalized spacial score (nSPS) is 13.2. The van der Waals surface area contributed by atoms with Gasteiger partial charge in [0.05, 0.1) is 0 Å². The second-order valence-electron chi connectivity index (χ2n) is 12.8. The summed E-state index contributed by atoms with van der Waals surface area (Å²) in [6, 6.07) is 48.1. The molecule has 1 aliphatic rings. The molecular formula is C44H32N2OS. The number of fused-ring (bicyclic) bond motifs is 5. The molecule has 0 atom stereocenters. The van der Waals surface area contributed by atoms with E-state index in [-0.39, 0.29) is 0 Å². The highest BCUT2D eigenvalue weighted by molar-refractivity contribution is 7.26. The second-order valence-corrected chi connectivity index (χ2v) is 13.8. The smallest absolute Gasteiger partial charge is 0.131 e. The molecule has 0 saturated heterocycles. The molecular weight excluding hydrogens is 605 g/mol. The number of ether oxygens (including phenoxy) is 1. The summed E-state index contributed by atoms with van der Waals surface area (Å²) in [5, 5.41) is 2.51. The Kier molecular flexibility index (Phi) is 6.56. The number of aryl methyl sites for hydroxylation is 2. The van der Waals surface area contributed by atoms with Crippen molar-refractivity contribution in [3.8, 4) is 44.9 Å². The van der Waals surface area contributed by atoms with Gasteiger partial charge in [0.25, 0.3) is 0 Å². The predicted molar refractivity (Wildman–Crippen MR) is 199 cm³/mol. The predicted octanol–water partition coefficient (Wildman–Crippen LogP) is 11.9. The van der Waals surface area contributed by atoms with Crippen LogP contribution >= 0.6 is 11.3 Å². The van der Waals surface area contributed by atoms with Gasteiger partial charge in [-0.3, -0.25) is 0 Å². The van der Waals surface area contributed by atoms with Crippen LogP contribution in [0.4, 0.5) is 0 Å². The molecule has 3 nitrogen and oxygen atoms in total. The van der Waals surface area contributed by atoms with E-state index in [1.54, 1.807) is 0 Å². The number of hydrogen-bond acceptors (Lipinski definition) is 4. The van der Waals surface area contributed by atoms with Crippen molar-refractivity contribution in [3.63, 3.8) is 0 Å². The fraction of sp³-hybridized carbons (Fsp3) is 0.0909. The molecule has 6 aromatic carbocycles. The summed E-state index contributed by atoms with van der Waals surface area (Å²) in [5.41, 5.74) is 11.1. The Balaban J connectivity index is 1.29. The van der Waals surface area contributed by atoms with E-state index >= 15 is 0 Å². The van der Waals surface area contributed by atoms with Crippen molar-refractivity contribution in [2.24, 2.45) is 0 Å². The maximum absolute atomic E-state index is 6.69. The SMILES string of the molecule is Cc1ncc(-c2cccc3c2sc2ccc(C4(C)c5cc(-c6ccccc6)ccc5Oc5ccc(-c6ccccc6)cc54)cc23)c(C)n1. The highest BCUT2D eigenvalue weighted by Crippen LogP contribution is 2.54. The van der Waals surface area contributed by atoms with Gasteiger partial charge in [0.15, 0.2) is 0 Å². The van der Waals surface area contributed by atoms with Crippen molar-refractivity contribution in [2.75, 3.05) is 0 Å². The van der Waals surface area contributed by atoms with Crippen LogP contribution in [0.2, 0.25) is 0 Å². The van der Waals surface area contributed by atoms with Gasteiger partial charge in [-0.2, -0.15) is 0 Å². The van der Waals surface area contributed by atoms with Gasteiger partial charge in [-0.05, 0) is 85.0 Å². The third-order valence-corrected chi connectivity index (χ3v) is 11.2. The molecule has 0 saturated carbocycles. The van der Waals surface area contributed by atoms with Gasteiger partial charge < -0.3 is 4.74 Å². The van der Waals surface area contributed by atoms with Crippen molar-refractivity contribution in [1.82, 2.24) is 9.97 Å². The monoisotopic (exact) mass is 636 g/mol. The summed E-state index contributed by atoms with van der Waals surface area (Å²) in [6.07, 6.45) is 1.97. The molecule has 0 N–H and O–H groups in total. The lowest BCUT2D eigenvalue weighted by atomic mass is 9.68. The van der Waals surface area contributed by atoms with E-state index in [9.17, 15) is 0 Å². The van der Waals surface area contributed by atoms with Gasteiger partial charge in [0.2, 0.25) is 0 Å². The van der Waals surface area contributed by atoms with Gasteiger partial charge in [0.1, 0.15) is 17.3 Å². The molecule has 48 heavy (non-hydrogen) atoms. The van der Waals surface area contributed by atoms with Crippen molar-refractivity contribution in [3.05, 3.63) is 168 Å². The zero-order valence-electron chi connectivity index (χ0n) is 27.0. The largest absolute Gasteiger partial charge is 0.457 e. The molecule has 2 aromatic heterocycles. The molecule has 3 heterocycles. The highest BCUT2D eigenvalue weighted by atomic mass is 32.1. The van der Waals surface area contributed by atoms with Crippen LogP contribution in [0.25, 0.3) is 53.6 Å². The van der Waals surface area contributed by atoms with Gasteiger partial charge in [-0.25, -0.2) is 9.97 Å². The Morgan fingerprint density at radius 1 is 0.583 bits per heavy atom. The van der Waals surface area contributed by atoms with Gasteiger partial charge >= 0.3 is 0 Å². The van der Waals surface area contributed by atoms with Crippen molar-refractivity contribution in [1.29, 1.82) is 0 Å². The molecule has 1 aliphatic heterocycles. The fourth-order valence-corrected chi connectivity index (χ4v) is 8.59. The molecule has 0 unspecified atom stereocenters. The summed E-state index contributed by atoms with van der Waals surface area (Å²) in [4.78, 5) is 9.22. The summed E-state index contributed by atoms with van der Waals surface area (Å²) < 4.78 is 9.22. The molecule has 230 valence electrons. The lowest BCUT2D eigenvalue weighted by molar-refractivity contribution is 0.427. The van der Waals surface area contributed by atoms with Crippen LogP contribution < -0.4 is 4.74 Å². The van der Waals surface area contributed by atoms with E-state index in [4.69, 9.17) is 4.74 Å². The van der Waals surface area contributed by atoms with Gasteiger partial charge in [-0.15, -0.1) is 11.3 Å². The van der Waals surface area contributed by atoms with Crippen LogP contribution in [0.15, 0.2) is 140 Å². The summed E-state index contributed by atoms with van der Waals surface area (Å²) in [6.45, 7) is 6.38. The summed E-state index contributed by atoms with van der Waals surface area (Å²) in [5.74, 6) is 2.58. The Morgan fingerprint density at radius 3 is 1.85 bits per heavy atom.